The van der Waals surface area contributed by atoms with E-state index in [1.807, 2.05) is 19.1 Å². The average Bonchev–Trinajstić information content (AvgIpc) is 2.38. The Kier molecular flexibility index (Phi) is 6.52. The van der Waals surface area contributed by atoms with Crippen LogP contribution in [0.2, 0.25) is 0 Å². The van der Waals surface area contributed by atoms with Crippen molar-refractivity contribution < 1.29 is 9.53 Å². The van der Waals surface area contributed by atoms with Gasteiger partial charge in [-0.05, 0) is 12.5 Å². The molecule has 1 rings (SSSR count). The predicted molar refractivity (Wildman–Crippen MR) is 82.0 cm³/mol. The highest BCUT2D eigenvalue weighted by Crippen LogP contribution is 2.23. The number of carbonyl (C=O) groups is 1. The Morgan fingerprint density at radius 1 is 1.35 bits per heavy atom. The van der Waals surface area contributed by atoms with Crippen LogP contribution in [0.15, 0.2) is 18.2 Å². The summed E-state index contributed by atoms with van der Waals surface area (Å²) in [4.78, 5) is 13.1. The second-order valence-corrected chi connectivity index (χ2v) is 5.49. The molecule has 0 aromatic heterocycles. The molecule has 4 nitrogen and oxygen atoms in total. The fourth-order valence-electron chi connectivity index (χ4n) is 1.84. The van der Waals surface area contributed by atoms with Gasteiger partial charge in [0.2, 0.25) is 5.91 Å². The molecule has 1 aromatic rings. The van der Waals surface area contributed by atoms with E-state index in [4.69, 9.17) is 4.74 Å². The zero-order valence-electron chi connectivity index (χ0n) is 13.2. The summed E-state index contributed by atoms with van der Waals surface area (Å²) in [5, 5.41) is 3.39. The number of ether oxygens (including phenoxy) is 1. The van der Waals surface area contributed by atoms with Gasteiger partial charge in [0, 0.05) is 32.2 Å². The molecule has 0 aliphatic heterocycles. The Morgan fingerprint density at radius 3 is 2.65 bits per heavy atom. The van der Waals surface area contributed by atoms with Gasteiger partial charge in [-0.1, -0.05) is 32.0 Å². The lowest BCUT2D eigenvalue weighted by molar-refractivity contribution is -0.129. The quantitative estimate of drug-likeness (QED) is 0.832. The lowest BCUT2D eigenvalue weighted by Crippen LogP contribution is -2.24. The molecule has 0 saturated carbocycles. The Balaban J connectivity index is 2.65. The van der Waals surface area contributed by atoms with Crippen molar-refractivity contribution in [3.8, 4) is 5.75 Å². The van der Waals surface area contributed by atoms with Crippen molar-refractivity contribution >= 4 is 5.91 Å². The van der Waals surface area contributed by atoms with Gasteiger partial charge in [0.25, 0.3) is 0 Å². The molecule has 0 radical (unpaired) electrons. The summed E-state index contributed by atoms with van der Waals surface area (Å²) >= 11 is 0. The molecule has 0 saturated heterocycles. The fourth-order valence-corrected chi connectivity index (χ4v) is 1.84. The fraction of sp³-hybridized carbons (Fsp3) is 0.562. The van der Waals surface area contributed by atoms with E-state index >= 15 is 0 Å². The summed E-state index contributed by atoms with van der Waals surface area (Å²) < 4.78 is 5.83. The molecule has 0 unspecified atom stereocenters. The highest BCUT2D eigenvalue weighted by Gasteiger charge is 2.09. The van der Waals surface area contributed by atoms with Crippen molar-refractivity contribution in [3.63, 3.8) is 0 Å². The van der Waals surface area contributed by atoms with Crippen LogP contribution in [0.4, 0.5) is 0 Å². The van der Waals surface area contributed by atoms with E-state index in [2.05, 4.69) is 25.2 Å². The van der Waals surface area contributed by atoms with Gasteiger partial charge < -0.3 is 15.0 Å². The van der Waals surface area contributed by atoms with Gasteiger partial charge in [0.1, 0.15) is 5.75 Å². The van der Waals surface area contributed by atoms with Crippen molar-refractivity contribution in [1.82, 2.24) is 10.2 Å². The number of amides is 1. The largest absolute Gasteiger partial charge is 0.492 e. The zero-order chi connectivity index (χ0) is 15.1. The maximum atomic E-state index is 11.6. The molecule has 0 atom stereocenters. The van der Waals surface area contributed by atoms with E-state index in [-0.39, 0.29) is 5.91 Å². The van der Waals surface area contributed by atoms with Crippen LogP contribution in [0.25, 0.3) is 0 Å². The monoisotopic (exact) mass is 278 g/mol. The van der Waals surface area contributed by atoms with Crippen LogP contribution in [0, 0.1) is 6.92 Å². The van der Waals surface area contributed by atoms with Crippen LogP contribution in [-0.2, 0) is 11.3 Å². The lowest BCUT2D eigenvalue weighted by atomic mass is 10.1. The number of carbonyl (C=O) groups excluding carboxylic acids is 1. The Bertz CT molecular complexity index is 442. The number of aryl methyl sites for hydroxylation is 1. The average molecular weight is 278 g/mol. The summed E-state index contributed by atoms with van der Waals surface area (Å²) in [6, 6.07) is 6.55. The lowest BCUT2D eigenvalue weighted by Gasteiger charge is -2.16. The van der Waals surface area contributed by atoms with Gasteiger partial charge in [-0.25, -0.2) is 0 Å². The number of hydrogen-bond acceptors (Lipinski definition) is 3. The third-order valence-electron chi connectivity index (χ3n) is 3.06. The molecule has 0 aliphatic rings. The first-order valence-electron chi connectivity index (χ1n) is 7.06. The number of rotatable bonds is 7. The van der Waals surface area contributed by atoms with E-state index in [0.717, 1.165) is 23.4 Å². The molecule has 0 spiro atoms. The smallest absolute Gasteiger partial charge is 0.225 e. The van der Waals surface area contributed by atoms with Gasteiger partial charge in [-0.3, -0.25) is 4.79 Å². The molecule has 0 heterocycles. The molecule has 0 fully saturated rings. The highest BCUT2D eigenvalue weighted by atomic mass is 16.5. The zero-order valence-corrected chi connectivity index (χ0v) is 13.2. The Hall–Kier alpha value is -1.55. The SMILES string of the molecule is Cc1cccc(CNC(C)C)c1OCCC(=O)N(C)C. The van der Waals surface area contributed by atoms with Crippen LogP contribution in [0.3, 0.4) is 0 Å². The van der Waals surface area contributed by atoms with Crippen molar-refractivity contribution in [2.45, 2.75) is 39.8 Å². The summed E-state index contributed by atoms with van der Waals surface area (Å²) in [5.41, 5.74) is 2.24. The number of nitrogens with one attached hydrogen (secondary N) is 1. The van der Waals surface area contributed by atoms with Crippen molar-refractivity contribution in [3.05, 3.63) is 29.3 Å². The van der Waals surface area contributed by atoms with Crippen molar-refractivity contribution in [2.24, 2.45) is 0 Å². The standard InChI is InChI=1S/C16H26N2O2/c1-12(2)17-11-14-8-6-7-13(3)16(14)20-10-9-15(19)18(4)5/h6-8,12,17H,9-11H2,1-5H3. The van der Waals surface area contributed by atoms with Gasteiger partial charge in [-0.2, -0.15) is 0 Å². The maximum absolute atomic E-state index is 11.6. The van der Waals surface area contributed by atoms with E-state index in [1.54, 1.807) is 19.0 Å². The molecule has 1 N–H and O–H groups in total. The number of hydrogen-bond donors (Lipinski definition) is 1. The number of para-hydroxylation sites is 1. The summed E-state index contributed by atoms with van der Waals surface area (Å²) in [5.74, 6) is 0.979. The van der Waals surface area contributed by atoms with Crippen LogP contribution in [-0.4, -0.2) is 37.6 Å². The first-order chi connectivity index (χ1) is 9.41. The predicted octanol–water partition coefficient (Wildman–Crippen LogP) is 2.35. The molecule has 4 heteroatoms. The van der Waals surface area contributed by atoms with Crippen LogP contribution < -0.4 is 10.1 Å². The molecule has 20 heavy (non-hydrogen) atoms. The van der Waals surface area contributed by atoms with Gasteiger partial charge in [0.15, 0.2) is 0 Å². The summed E-state index contributed by atoms with van der Waals surface area (Å²) in [6.45, 7) is 7.45. The maximum Gasteiger partial charge on any atom is 0.225 e. The van der Waals surface area contributed by atoms with E-state index in [0.29, 0.717) is 19.1 Å². The minimum absolute atomic E-state index is 0.0837. The highest BCUT2D eigenvalue weighted by molar-refractivity contribution is 5.75. The Labute approximate surface area is 122 Å². The van der Waals surface area contributed by atoms with E-state index < -0.39 is 0 Å². The molecule has 112 valence electrons. The van der Waals surface area contributed by atoms with Gasteiger partial charge >= 0.3 is 0 Å². The third kappa shape index (κ3) is 5.21. The number of nitrogens with zero attached hydrogens (tertiary/aromatic N) is 1. The minimum atomic E-state index is 0.0837. The van der Waals surface area contributed by atoms with Crippen LogP contribution >= 0.6 is 0 Å². The van der Waals surface area contributed by atoms with Crippen LogP contribution in [0.5, 0.6) is 5.75 Å². The molecular weight excluding hydrogens is 252 g/mol. The molecule has 0 bridgehead atoms. The third-order valence-corrected chi connectivity index (χ3v) is 3.06. The molecule has 1 aromatic carbocycles. The van der Waals surface area contributed by atoms with Crippen LogP contribution in [0.1, 0.15) is 31.4 Å². The van der Waals surface area contributed by atoms with E-state index in [1.165, 1.54) is 0 Å². The molecule has 0 aliphatic carbocycles. The van der Waals surface area contributed by atoms with Gasteiger partial charge in [-0.15, -0.1) is 0 Å². The normalized spacial score (nSPS) is 10.7. The minimum Gasteiger partial charge on any atom is -0.492 e. The van der Waals surface area contributed by atoms with E-state index in [9.17, 15) is 4.79 Å². The van der Waals surface area contributed by atoms with Crippen molar-refractivity contribution in [1.29, 1.82) is 0 Å². The summed E-state index contributed by atoms with van der Waals surface area (Å²) in [7, 11) is 3.52. The molecular formula is C16H26N2O2. The number of benzene rings is 1. The summed E-state index contributed by atoms with van der Waals surface area (Å²) in [6.07, 6.45) is 0.401. The first-order valence-corrected chi connectivity index (χ1v) is 7.06. The topological polar surface area (TPSA) is 41.6 Å². The second kappa shape index (κ2) is 7.90. The molecule has 1 amide bonds. The first kappa shape index (κ1) is 16.5. The Morgan fingerprint density at radius 2 is 2.05 bits per heavy atom. The van der Waals surface area contributed by atoms with Crippen molar-refractivity contribution in [2.75, 3.05) is 20.7 Å². The van der Waals surface area contributed by atoms with Gasteiger partial charge in [0.05, 0.1) is 13.0 Å². The second-order valence-electron chi connectivity index (χ2n) is 5.49.